The Balaban J connectivity index is 2.21. The van der Waals surface area contributed by atoms with E-state index in [1.807, 2.05) is 27.5 Å². The van der Waals surface area contributed by atoms with Crippen LogP contribution in [0, 0.1) is 3.57 Å². The first-order valence-corrected chi connectivity index (χ1v) is 7.01. The van der Waals surface area contributed by atoms with E-state index in [4.69, 9.17) is 0 Å². The van der Waals surface area contributed by atoms with Gasteiger partial charge in [0, 0.05) is 18.2 Å². The molecule has 0 bridgehead atoms. The van der Waals surface area contributed by atoms with Crippen LogP contribution in [0.4, 0.5) is 0 Å². The maximum absolute atomic E-state index is 12.3. The van der Waals surface area contributed by atoms with Crippen molar-refractivity contribution in [2.45, 2.75) is 32.2 Å². The van der Waals surface area contributed by atoms with Crippen molar-refractivity contribution in [3.63, 3.8) is 0 Å². The molecule has 1 heterocycles. The summed E-state index contributed by atoms with van der Waals surface area (Å²) in [6.45, 7) is 2.95. The minimum Gasteiger partial charge on any atom is -0.507 e. The van der Waals surface area contributed by atoms with Crippen LogP contribution in [0.1, 0.15) is 36.5 Å². The van der Waals surface area contributed by atoms with Gasteiger partial charge in [0.25, 0.3) is 5.91 Å². The molecule has 1 amide bonds. The van der Waals surface area contributed by atoms with E-state index >= 15 is 0 Å². The van der Waals surface area contributed by atoms with Crippen molar-refractivity contribution in [1.82, 2.24) is 4.90 Å². The van der Waals surface area contributed by atoms with Gasteiger partial charge in [-0.3, -0.25) is 4.79 Å². The van der Waals surface area contributed by atoms with Gasteiger partial charge in [0.05, 0.1) is 3.57 Å². The van der Waals surface area contributed by atoms with E-state index in [-0.39, 0.29) is 11.7 Å². The highest BCUT2D eigenvalue weighted by Crippen LogP contribution is 2.25. The van der Waals surface area contributed by atoms with Crippen LogP contribution in [0.15, 0.2) is 18.2 Å². The average Bonchev–Trinajstić information content (AvgIpc) is 2.80. The van der Waals surface area contributed by atoms with E-state index in [1.54, 1.807) is 18.2 Å². The van der Waals surface area contributed by atoms with Gasteiger partial charge in [0.15, 0.2) is 0 Å². The SMILES string of the molecule is CCC1CCCN1C(=O)c1ccc(I)c(O)c1. The fraction of sp³-hybridized carbons (Fsp3) is 0.462. The zero-order chi connectivity index (χ0) is 12.4. The standard InChI is InChI=1S/C13H16INO2/c1-2-10-4-3-7-15(10)13(17)9-5-6-11(14)12(16)8-9/h5-6,8,10,16H,2-4,7H2,1H3. The summed E-state index contributed by atoms with van der Waals surface area (Å²) < 4.78 is 0.771. The van der Waals surface area contributed by atoms with Crippen molar-refractivity contribution in [2.24, 2.45) is 0 Å². The molecule has 1 aromatic carbocycles. The first-order chi connectivity index (χ1) is 8.13. The largest absolute Gasteiger partial charge is 0.507 e. The van der Waals surface area contributed by atoms with Crippen LogP contribution in [-0.2, 0) is 0 Å². The Kier molecular flexibility index (Phi) is 3.91. The van der Waals surface area contributed by atoms with Gasteiger partial charge in [-0.05, 0) is 60.1 Å². The van der Waals surface area contributed by atoms with Crippen LogP contribution in [0.3, 0.4) is 0 Å². The van der Waals surface area contributed by atoms with E-state index in [0.29, 0.717) is 11.6 Å². The lowest BCUT2D eigenvalue weighted by atomic mass is 10.1. The summed E-state index contributed by atoms with van der Waals surface area (Å²) in [5.41, 5.74) is 0.586. The first kappa shape index (κ1) is 12.7. The smallest absolute Gasteiger partial charge is 0.254 e. The molecule has 17 heavy (non-hydrogen) atoms. The molecule has 0 radical (unpaired) electrons. The maximum atomic E-state index is 12.3. The second-order valence-electron chi connectivity index (χ2n) is 4.37. The first-order valence-electron chi connectivity index (χ1n) is 5.93. The van der Waals surface area contributed by atoms with E-state index in [9.17, 15) is 9.90 Å². The number of carbonyl (C=O) groups is 1. The molecule has 1 saturated heterocycles. The third-order valence-corrected chi connectivity index (χ3v) is 4.21. The molecule has 0 aliphatic carbocycles. The van der Waals surface area contributed by atoms with Crippen LogP contribution < -0.4 is 0 Å². The molecule has 1 fully saturated rings. The Labute approximate surface area is 115 Å². The molecule has 1 N–H and O–H groups in total. The Morgan fingerprint density at radius 1 is 1.59 bits per heavy atom. The molecule has 3 nitrogen and oxygen atoms in total. The number of hydrogen-bond donors (Lipinski definition) is 1. The van der Waals surface area contributed by atoms with Crippen molar-refractivity contribution in [3.05, 3.63) is 27.3 Å². The normalized spacial score (nSPS) is 19.6. The minimum absolute atomic E-state index is 0.0426. The zero-order valence-electron chi connectivity index (χ0n) is 9.82. The van der Waals surface area contributed by atoms with Gasteiger partial charge >= 0.3 is 0 Å². The fourth-order valence-corrected chi connectivity index (χ4v) is 2.67. The number of aromatic hydroxyl groups is 1. The number of amides is 1. The lowest BCUT2D eigenvalue weighted by Gasteiger charge is -2.23. The minimum atomic E-state index is 0.0426. The highest BCUT2D eigenvalue weighted by molar-refractivity contribution is 14.1. The van der Waals surface area contributed by atoms with Crippen molar-refractivity contribution in [1.29, 1.82) is 0 Å². The number of benzene rings is 1. The van der Waals surface area contributed by atoms with Crippen LogP contribution >= 0.6 is 22.6 Å². The van der Waals surface area contributed by atoms with E-state index in [0.717, 1.165) is 29.4 Å². The lowest BCUT2D eigenvalue weighted by Crippen LogP contribution is -2.35. The van der Waals surface area contributed by atoms with Crippen LogP contribution in [0.25, 0.3) is 0 Å². The number of rotatable bonds is 2. The second kappa shape index (κ2) is 5.25. The van der Waals surface area contributed by atoms with Gasteiger partial charge < -0.3 is 10.0 Å². The van der Waals surface area contributed by atoms with Gasteiger partial charge in [-0.2, -0.15) is 0 Å². The topological polar surface area (TPSA) is 40.5 Å². The number of likely N-dealkylation sites (tertiary alicyclic amines) is 1. The summed E-state index contributed by atoms with van der Waals surface area (Å²) in [5, 5.41) is 9.64. The summed E-state index contributed by atoms with van der Waals surface area (Å²) >= 11 is 2.05. The number of phenolic OH excluding ortho intramolecular Hbond substituents is 1. The number of phenols is 1. The highest BCUT2D eigenvalue weighted by Gasteiger charge is 2.28. The summed E-state index contributed by atoms with van der Waals surface area (Å²) in [4.78, 5) is 14.2. The quantitative estimate of drug-likeness (QED) is 0.838. The van der Waals surface area contributed by atoms with Gasteiger partial charge in [-0.1, -0.05) is 6.92 Å². The molecule has 1 atom stereocenters. The lowest BCUT2D eigenvalue weighted by molar-refractivity contribution is 0.0733. The molecule has 1 aliphatic rings. The number of nitrogens with zero attached hydrogens (tertiary/aromatic N) is 1. The summed E-state index contributed by atoms with van der Waals surface area (Å²) in [6.07, 6.45) is 3.18. The van der Waals surface area contributed by atoms with Crippen molar-refractivity contribution < 1.29 is 9.90 Å². The highest BCUT2D eigenvalue weighted by atomic mass is 127. The summed E-state index contributed by atoms with van der Waals surface area (Å²) in [6, 6.07) is 5.49. The van der Waals surface area contributed by atoms with Gasteiger partial charge in [-0.15, -0.1) is 0 Å². The summed E-state index contributed by atoms with van der Waals surface area (Å²) in [5.74, 6) is 0.227. The van der Waals surface area contributed by atoms with Gasteiger partial charge in [0.1, 0.15) is 5.75 Å². The Bertz CT molecular complexity index is 433. The van der Waals surface area contributed by atoms with Crippen molar-refractivity contribution in [3.8, 4) is 5.75 Å². The second-order valence-corrected chi connectivity index (χ2v) is 5.53. The van der Waals surface area contributed by atoms with Crippen LogP contribution in [0.5, 0.6) is 5.75 Å². The molecule has 0 aromatic heterocycles. The molecule has 2 rings (SSSR count). The molecule has 92 valence electrons. The fourth-order valence-electron chi connectivity index (χ4n) is 2.34. The molecule has 4 heteroatoms. The summed E-state index contributed by atoms with van der Waals surface area (Å²) in [7, 11) is 0. The van der Waals surface area contributed by atoms with E-state index < -0.39 is 0 Å². The molecule has 0 spiro atoms. The predicted molar refractivity (Wildman–Crippen MR) is 75.2 cm³/mol. The van der Waals surface area contributed by atoms with Crippen LogP contribution in [0.2, 0.25) is 0 Å². The van der Waals surface area contributed by atoms with Crippen molar-refractivity contribution >= 4 is 28.5 Å². The third kappa shape index (κ3) is 2.56. The Hall–Kier alpha value is -0.780. The number of halogens is 1. The zero-order valence-corrected chi connectivity index (χ0v) is 12.0. The molecular weight excluding hydrogens is 329 g/mol. The van der Waals surface area contributed by atoms with Crippen LogP contribution in [-0.4, -0.2) is 28.5 Å². The molecule has 1 unspecified atom stereocenters. The van der Waals surface area contributed by atoms with E-state index in [2.05, 4.69) is 6.92 Å². The Morgan fingerprint density at radius 2 is 2.35 bits per heavy atom. The van der Waals surface area contributed by atoms with Crippen molar-refractivity contribution in [2.75, 3.05) is 6.54 Å². The van der Waals surface area contributed by atoms with E-state index in [1.165, 1.54) is 0 Å². The molecule has 0 saturated carbocycles. The average molecular weight is 345 g/mol. The Morgan fingerprint density at radius 3 is 3.00 bits per heavy atom. The third-order valence-electron chi connectivity index (χ3n) is 3.30. The molecule has 1 aliphatic heterocycles. The predicted octanol–water partition coefficient (Wildman–Crippen LogP) is 3.01. The number of carbonyl (C=O) groups excluding carboxylic acids is 1. The monoisotopic (exact) mass is 345 g/mol. The number of hydrogen-bond acceptors (Lipinski definition) is 2. The maximum Gasteiger partial charge on any atom is 0.254 e. The molecular formula is C13H16INO2. The van der Waals surface area contributed by atoms with Gasteiger partial charge in [0.2, 0.25) is 0 Å². The van der Waals surface area contributed by atoms with Gasteiger partial charge in [-0.25, -0.2) is 0 Å². The molecule has 1 aromatic rings.